The lowest BCUT2D eigenvalue weighted by Crippen LogP contribution is -2.52. The summed E-state index contributed by atoms with van der Waals surface area (Å²) in [5.74, 6) is -0.831. The van der Waals surface area contributed by atoms with Crippen LogP contribution in [0.3, 0.4) is 0 Å². The number of amides is 2. The zero-order valence-electron chi connectivity index (χ0n) is 19.6. The van der Waals surface area contributed by atoms with E-state index in [9.17, 15) is 19.8 Å². The summed E-state index contributed by atoms with van der Waals surface area (Å²) in [7, 11) is 0. The molecule has 1 aliphatic carbocycles. The number of hydrogen-bond donors (Lipinski definition) is 3. The maximum absolute atomic E-state index is 12.9. The van der Waals surface area contributed by atoms with Crippen LogP contribution >= 0.6 is 11.3 Å². The molecule has 184 valence electrons. The Labute approximate surface area is 205 Å². The molecule has 2 unspecified atom stereocenters. The van der Waals surface area contributed by atoms with E-state index in [-0.39, 0.29) is 12.6 Å². The number of hydrogen-bond acceptors (Lipinski definition) is 6. The number of aliphatic hydroxyl groups excluding tert-OH is 2. The molecule has 2 amide bonds. The van der Waals surface area contributed by atoms with Gasteiger partial charge in [-0.3, -0.25) is 9.59 Å². The number of likely N-dealkylation sites (tertiary alicyclic amines) is 1. The lowest BCUT2D eigenvalue weighted by Gasteiger charge is -2.35. The number of nitrogens with zero attached hydrogens (tertiary/aromatic N) is 2. The van der Waals surface area contributed by atoms with Gasteiger partial charge in [0.05, 0.1) is 12.2 Å². The molecule has 2 fully saturated rings. The van der Waals surface area contributed by atoms with Crippen LogP contribution in [0.2, 0.25) is 0 Å². The van der Waals surface area contributed by atoms with Crippen molar-refractivity contribution in [3.05, 3.63) is 52.0 Å². The number of aryl methyl sites for hydroxylation is 2. The normalized spacial score (nSPS) is 20.8. The summed E-state index contributed by atoms with van der Waals surface area (Å²) < 4.78 is 0. The number of benzene rings is 1. The highest BCUT2D eigenvalue weighted by Gasteiger charge is 2.40. The molecule has 1 saturated carbocycles. The summed E-state index contributed by atoms with van der Waals surface area (Å²) in [5.41, 5.74) is 2.20. The molecule has 7 nitrogen and oxygen atoms in total. The van der Waals surface area contributed by atoms with Crippen LogP contribution in [0.4, 0.5) is 0 Å². The average Bonchev–Trinajstić information content (AvgIpc) is 3.56. The molecule has 3 N–H and O–H groups in total. The third kappa shape index (κ3) is 6.23. The van der Waals surface area contributed by atoms with Crippen LogP contribution in [0.25, 0.3) is 0 Å². The lowest BCUT2D eigenvalue weighted by atomic mass is 9.83. The number of carbonyl (C=O) groups excluding carboxylic acids is 2. The number of aliphatic hydroxyl groups is 2. The lowest BCUT2D eigenvalue weighted by molar-refractivity contribution is -0.154. The molecule has 2 heterocycles. The Kier molecular flexibility index (Phi) is 8.69. The van der Waals surface area contributed by atoms with Gasteiger partial charge in [0, 0.05) is 18.0 Å². The topological polar surface area (TPSA) is 103 Å². The molecule has 1 aromatic heterocycles. The van der Waals surface area contributed by atoms with Crippen molar-refractivity contribution >= 4 is 23.2 Å². The van der Waals surface area contributed by atoms with Crippen LogP contribution in [-0.2, 0) is 29.0 Å². The first kappa shape index (κ1) is 24.8. The first-order valence-corrected chi connectivity index (χ1v) is 13.3. The van der Waals surface area contributed by atoms with Crippen LogP contribution < -0.4 is 5.32 Å². The minimum atomic E-state index is -1.79. The quantitative estimate of drug-likeness (QED) is 0.507. The molecule has 2 aliphatic rings. The van der Waals surface area contributed by atoms with Crippen molar-refractivity contribution < 1.29 is 19.8 Å². The van der Waals surface area contributed by atoms with Gasteiger partial charge in [-0.25, -0.2) is 4.98 Å². The first-order chi connectivity index (χ1) is 16.5. The second kappa shape index (κ2) is 11.9. The van der Waals surface area contributed by atoms with Gasteiger partial charge in [0.15, 0.2) is 12.2 Å². The van der Waals surface area contributed by atoms with Gasteiger partial charge < -0.3 is 20.4 Å². The van der Waals surface area contributed by atoms with E-state index in [0.717, 1.165) is 49.2 Å². The molecule has 4 rings (SSSR count). The average molecular weight is 486 g/mol. The smallest absolute Gasteiger partial charge is 0.254 e. The van der Waals surface area contributed by atoms with Gasteiger partial charge >= 0.3 is 0 Å². The van der Waals surface area contributed by atoms with E-state index in [0.29, 0.717) is 12.5 Å². The predicted octanol–water partition coefficient (Wildman–Crippen LogP) is 2.84. The number of nitrogens with one attached hydrogen (secondary N) is 1. The van der Waals surface area contributed by atoms with Crippen molar-refractivity contribution in [2.75, 3.05) is 6.54 Å². The van der Waals surface area contributed by atoms with E-state index < -0.39 is 24.0 Å². The Hall–Kier alpha value is -2.29. The van der Waals surface area contributed by atoms with E-state index in [1.54, 1.807) is 4.90 Å². The Balaban J connectivity index is 1.25. The minimum Gasteiger partial charge on any atom is -0.380 e. The summed E-state index contributed by atoms with van der Waals surface area (Å²) in [5, 5.41) is 26.2. The Morgan fingerprint density at radius 1 is 1.03 bits per heavy atom. The molecular formula is C26H35N3O4S. The van der Waals surface area contributed by atoms with Crippen LogP contribution in [0.1, 0.15) is 61.2 Å². The fourth-order valence-electron chi connectivity index (χ4n) is 5.25. The first-order valence-electron chi connectivity index (χ1n) is 12.4. The highest BCUT2D eigenvalue weighted by molar-refractivity contribution is 7.09. The molecule has 2 aromatic rings. The number of aromatic nitrogens is 1. The van der Waals surface area contributed by atoms with Gasteiger partial charge in [-0.15, -0.1) is 11.3 Å². The van der Waals surface area contributed by atoms with Gasteiger partial charge in [0.2, 0.25) is 0 Å². The maximum atomic E-state index is 12.9. The van der Waals surface area contributed by atoms with E-state index in [1.165, 1.54) is 36.2 Å². The van der Waals surface area contributed by atoms with Crippen molar-refractivity contribution in [2.24, 2.45) is 5.92 Å². The van der Waals surface area contributed by atoms with Crippen LogP contribution in [-0.4, -0.2) is 56.7 Å². The third-order valence-corrected chi connectivity index (χ3v) is 8.02. The van der Waals surface area contributed by atoms with E-state index >= 15 is 0 Å². The van der Waals surface area contributed by atoms with Crippen LogP contribution in [0.15, 0.2) is 35.7 Å². The zero-order chi connectivity index (χ0) is 23.9. The number of carbonyl (C=O) groups is 2. The molecule has 1 aromatic carbocycles. The van der Waals surface area contributed by atoms with Crippen molar-refractivity contribution in [3.8, 4) is 0 Å². The van der Waals surface area contributed by atoms with Gasteiger partial charge in [-0.2, -0.15) is 0 Å². The monoisotopic (exact) mass is 485 g/mol. The van der Waals surface area contributed by atoms with Crippen LogP contribution in [0, 0.1) is 5.92 Å². The standard InChI is InChI=1S/C26H35N3O4S/c30-23(24(31)26(33)29-15-7-12-21(29)19-10-5-2-6-11-19)25(32)27-16-22-28-20(17-34-22)14-13-18-8-3-1-4-9-18/h1,3-4,8-9,17,19,21,23-24,30-31H,2,5-7,10-16H2,(H,27,32)/t21?,23?,24-/m1/s1. The third-order valence-electron chi connectivity index (χ3n) is 7.12. The Morgan fingerprint density at radius 2 is 1.79 bits per heavy atom. The Morgan fingerprint density at radius 3 is 2.56 bits per heavy atom. The highest BCUT2D eigenvalue weighted by atomic mass is 32.1. The van der Waals surface area contributed by atoms with Crippen molar-refractivity contribution in [1.82, 2.24) is 15.2 Å². The molecule has 0 bridgehead atoms. The van der Waals surface area contributed by atoms with Gasteiger partial charge in [-0.1, -0.05) is 49.6 Å². The second-order valence-corrected chi connectivity index (χ2v) is 10.4. The van der Waals surface area contributed by atoms with Gasteiger partial charge in [0.25, 0.3) is 11.8 Å². The summed E-state index contributed by atoms with van der Waals surface area (Å²) in [4.78, 5) is 31.7. The molecule has 3 atom stereocenters. The molecule has 8 heteroatoms. The summed E-state index contributed by atoms with van der Waals surface area (Å²) in [6.07, 6.45) is 5.81. The zero-order valence-corrected chi connectivity index (χ0v) is 20.4. The number of thiazole rings is 1. The van der Waals surface area contributed by atoms with Gasteiger partial charge in [-0.05, 0) is 50.0 Å². The molecular weight excluding hydrogens is 450 g/mol. The molecule has 1 saturated heterocycles. The fourth-order valence-corrected chi connectivity index (χ4v) is 6.02. The maximum Gasteiger partial charge on any atom is 0.254 e. The largest absolute Gasteiger partial charge is 0.380 e. The SMILES string of the molecule is O=C(NCc1nc(CCc2ccccc2)cs1)C(O)[C@@H](O)C(=O)N1CCCC1C1CCCCC1. The molecule has 34 heavy (non-hydrogen) atoms. The number of rotatable bonds is 9. The fraction of sp³-hybridized carbons (Fsp3) is 0.577. The summed E-state index contributed by atoms with van der Waals surface area (Å²) in [6.45, 7) is 0.734. The van der Waals surface area contributed by atoms with Gasteiger partial charge in [0.1, 0.15) is 5.01 Å². The van der Waals surface area contributed by atoms with Crippen LogP contribution in [0.5, 0.6) is 0 Å². The van der Waals surface area contributed by atoms with Crippen molar-refractivity contribution in [1.29, 1.82) is 0 Å². The summed E-state index contributed by atoms with van der Waals surface area (Å²) >= 11 is 1.44. The highest BCUT2D eigenvalue weighted by Crippen LogP contribution is 2.34. The van der Waals surface area contributed by atoms with Crippen molar-refractivity contribution in [3.63, 3.8) is 0 Å². The molecule has 0 spiro atoms. The minimum absolute atomic E-state index is 0.113. The second-order valence-electron chi connectivity index (χ2n) is 9.46. The predicted molar refractivity (Wildman–Crippen MR) is 131 cm³/mol. The van der Waals surface area contributed by atoms with E-state index in [4.69, 9.17) is 0 Å². The van der Waals surface area contributed by atoms with Crippen molar-refractivity contribution in [2.45, 2.75) is 82.6 Å². The molecule has 1 aliphatic heterocycles. The van der Waals surface area contributed by atoms with E-state index in [2.05, 4.69) is 22.4 Å². The van der Waals surface area contributed by atoms with E-state index in [1.807, 2.05) is 23.6 Å². The molecule has 0 radical (unpaired) electrons. The Bertz CT molecular complexity index is 945. The summed E-state index contributed by atoms with van der Waals surface area (Å²) in [6, 6.07) is 10.3.